The van der Waals surface area contributed by atoms with E-state index in [1.54, 1.807) is 0 Å². The van der Waals surface area contributed by atoms with E-state index in [1.807, 2.05) is 0 Å². The Hall–Kier alpha value is -6.70. The molecule has 12 aromatic rings. The predicted molar refractivity (Wildman–Crippen MR) is 218 cm³/mol. The van der Waals surface area contributed by atoms with E-state index in [0.717, 1.165) is 32.9 Å². The lowest BCUT2D eigenvalue weighted by Gasteiger charge is -2.16. The van der Waals surface area contributed by atoms with Crippen LogP contribution in [0.25, 0.3) is 120 Å². The van der Waals surface area contributed by atoms with Crippen molar-refractivity contribution in [3.63, 3.8) is 0 Å². The molecule has 0 atom stereocenters. The molecule has 1 aromatic heterocycles. The summed E-state index contributed by atoms with van der Waals surface area (Å²) >= 11 is 0. The van der Waals surface area contributed by atoms with Gasteiger partial charge in [-0.1, -0.05) is 158 Å². The number of hydrogen-bond acceptors (Lipinski definition) is 1. The Morgan fingerprint density at radius 2 is 0.725 bits per heavy atom. The maximum atomic E-state index is 7.14. The Bertz CT molecular complexity index is 3400. The summed E-state index contributed by atoms with van der Waals surface area (Å²) in [5, 5.41) is 19.9. The minimum Gasteiger partial charge on any atom is -0.455 e. The molecule has 0 amide bonds. The lowest BCUT2D eigenvalue weighted by atomic mass is 9.87. The van der Waals surface area contributed by atoms with Crippen molar-refractivity contribution < 1.29 is 4.42 Å². The van der Waals surface area contributed by atoms with Crippen LogP contribution in [0.5, 0.6) is 0 Å². The van der Waals surface area contributed by atoms with E-state index in [1.165, 1.54) is 86.7 Å². The molecule has 0 aliphatic rings. The highest BCUT2D eigenvalue weighted by molar-refractivity contribution is 6.29. The van der Waals surface area contributed by atoms with Gasteiger partial charge in [0.05, 0.1) is 0 Å². The lowest BCUT2D eigenvalue weighted by Crippen LogP contribution is -1.89. The second kappa shape index (κ2) is 9.94. The lowest BCUT2D eigenvalue weighted by molar-refractivity contribution is 0.674. The number of furan rings is 1. The van der Waals surface area contributed by atoms with Crippen LogP contribution < -0.4 is 0 Å². The Morgan fingerprint density at radius 3 is 1.57 bits per heavy atom. The SMILES string of the molecule is c1ccc2c(c1)ccc1c2oc2c(-c3ccc4ccc5cccc6ccc3c4c56)ccc(-c3cccc4c3ccc3ccc5ccccc5c34)c21. The van der Waals surface area contributed by atoms with Crippen molar-refractivity contribution in [3.05, 3.63) is 170 Å². The van der Waals surface area contributed by atoms with E-state index in [9.17, 15) is 0 Å². The molecule has 0 aliphatic heterocycles. The number of benzene rings is 11. The summed E-state index contributed by atoms with van der Waals surface area (Å²) in [7, 11) is 0. The minimum absolute atomic E-state index is 0.928. The van der Waals surface area contributed by atoms with Gasteiger partial charge in [-0.2, -0.15) is 0 Å². The van der Waals surface area contributed by atoms with E-state index in [2.05, 4.69) is 170 Å². The van der Waals surface area contributed by atoms with Crippen molar-refractivity contribution in [2.45, 2.75) is 0 Å². The van der Waals surface area contributed by atoms with Gasteiger partial charge in [-0.15, -0.1) is 0 Å². The van der Waals surface area contributed by atoms with Crippen LogP contribution in [0.1, 0.15) is 0 Å². The fourth-order valence-corrected chi connectivity index (χ4v) is 9.11. The third-order valence-electron chi connectivity index (χ3n) is 11.4. The second-order valence-electron chi connectivity index (χ2n) is 14.0. The molecule has 1 heteroatoms. The summed E-state index contributed by atoms with van der Waals surface area (Å²) in [5.74, 6) is 0. The number of hydrogen-bond donors (Lipinski definition) is 0. The quantitative estimate of drug-likeness (QED) is 0.171. The van der Waals surface area contributed by atoms with Gasteiger partial charge in [0.1, 0.15) is 11.2 Å². The average molecular weight is 645 g/mol. The molecule has 0 saturated heterocycles. The van der Waals surface area contributed by atoms with Crippen molar-refractivity contribution in [2.24, 2.45) is 0 Å². The standard InChI is InChI=1S/C50H28O/c1-3-11-35-29(7-1)15-16-33-20-23-38-37(13-6-14-40(38)46(33)35)42-27-28-43(50-48(42)44-26-19-30-8-2-4-12-36(30)49(44)51-50)39-24-21-34-18-17-31-9-5-10-32-22-25-41(39)47(34)45(31)32/h1-28H. The Balaban J connectivity index is 1.22. The zero-order chi connectivity index (χ0) is 33.2. The Labute approximate surface area is 292 Å². The van der Waals surface area contributed by atoms with Crippen LogP contribution >= 0.6 is 0 Å². The van der Waals surface area contributed by atoms with Crippen molar-refractivity contribution in [1.82, 2.24) is 0 Å². The minimum atomic E-state index is 0.928. The van der Waals surface area contributed by atoms with E-state index in [0.29, 0.717) is 0 Å². The van der Waals surface area contributed by atoms with Gasteiger partial charge in [-0.3, -0.25) is 0 Å². The molecule has 0 radical (unpaired) electrons. The highest BCUT2D eigenvalue weighted by Gasteiger charge is 2.22. The molecule has 0 fully saturated rings. The van der Waals surface area contributed by atoms with E-state index in [4.69, 9.17) is 4.42 Å². The largest absolute Gasteiger partial charge is 0.455 e. The molecule has 234 valence electrons. The molecule has 0 N–H and O–H groups in total. The second-order valence-corrected chi connectivity index (χ2v) is 14.0. The highest BCUT2D eigenvalue weighted by atomic mass is 16.3. The molecule has 0 aliphatic carbocycles. The fourth-order valence-electron chi connectivity index (χ4n) is 9.11. The maximum absolute atomic E-state index is 7.14. The van der Waals surface area contributed by atoms with Gasteiger partial charge in [0.25, 0.3) is 0 Å². The zero-order valence-corrected chi connectivity index (χ0v) is 27.6. The summed E-state index contributed by atoms with van der Waals surface area (Å²) in [6.45, 7) is 0. The molecule has 0 saturated carbocycles. The summed E-state index contributed by atoms with van der Waals surface area (Å²) < 4.78 is 7.14. The van der Waals surface area contributed by atoms with Gasteiger partial charge in [0, 0.05) is 21.7 Å². The summed E-state index contributed by atoms with van der Waals surface area (Å²) in [6, 6.07) is 62.5. The molecule has 12 rings (SSSR count). The van der Waals surface area contributed by atoms with Crippen molar-refractivity contribution in [3.8, 4) is 22.3 Å². The first kappa shape index (κ1) is 27.2. The van der Waals surface area contributed by atoms with Gasteiger partial charge in [0.2, 0.25) is 0 Å². The van der Waals surface area contributed by atoms with E-state index in [-0.39, 0.29) is 0 Å². The van der Waals surface area contributed by atoms with Gasteiger partial charge in [-0.05, 0) is 98.8 Å². The first-order valence-electron chi connectivity index (χ1n) is 17.7. The Morgan fingerprint density at radius 1 is 0.216 bits per heavy atom. The van der Waals surface area contributed by atoms with Crippen molar-refractivity contribution in [1.29, 1.82) is 0 Å². The van der Waals surface area contributed by atoms with Gasteiger partial charge in [-0.25, -0.2) is 0 Å². The molecule has 1 nitrogen and oxygen atoms in total. The zero-order valence-electron chi connectivity index (χ0n) is 27.6. The van der Waals surface area contributed by atoms with Crippen LogP contribution in [0.3, 0.4) is 0 Å². The van der Waals surface area contributed by atoms with Crippen molar-refractivity contribution >= 4 is 97.3 Å². The van der Waals surface area contributed by atoms with Crippen LogP contribution in [0.15, 0.2) is 174 Å². The van der Waals surface area contributed by atoms with Crippen LogP contribution in [0.2, 0.25) is 0 Å². The first-order chi connectivity index (χ1) is 25.3. The molecule has 0 unspecified atom stereocenters. The first-order valence-corrected chi connectivity index (χ1v) is 17.7. The molecule has 51 heavy (non-hydrogen) atoms. The molecule has 0 spiro atoms. The smallest absolute Gasteiger partial charge is 0.143 e. The summed E-state index contributed by atoms with van der Waals surface area (Å²) in [4.78, 5) is 0. The molecular weight excluding hydrogens is 617 g/mol. The Kier molecular flexibility index (Phi) is 5.29. The van der Waals surface area contributed by atoms with Crippen LogP contribution in [0.4, 0.5) is 0 Å². The third-order valence-corrected chi connectivity index (χ3v) is 11.4. The fraction of sp³-hybridized carbons (Fsp3) is 0. The normalized spacial score (nSPS) is 12.3. The average Bonchev–Trinajstić information content (AvgIpc) is 3.60. The summed E-state index contributed by atoms with van der Waals surface area (Å²) in [6.07, 6.45) is 0. The number of rotatable bonds is 2. The molecule has 0 bridgehead atoms. The van der Waals surface area contributed by atoms with Gasteiger partial charge < -0.3 is 4.42 Å². The maximum Gasteiger partial charge on any atom is 0.143 e. The third kappa shape index (κ3) is 3.65. The van der Waals surface area contributed by atoms with E-state index >= 15 is 0 Å². The van der Waals surface area contributed by atoms with Crippen LogP contribution in [-0.4, -0.2) is 0 Å². The predicted octanol–water partition coefficient (Wildman–Crippen LogP) is 14.4. The molecular formula is C50H28O. The molecule has 1 heterocycles. The topological polar surface area (TPSA) is 13.1 Å². The number of fused-ring (bicyclic) bond motifs is 10. The van der Waals surface area contributed by atoms with Gasteiger partial charge >= 0.3 is 0 Å². The molecule has 11 aromatic carbocycles. The summed E-state index contributed by atoms with van der Waals surface area (Å²) in [5.41, 5.74) is 6.57. The van der Waals surface area contributed by atoms with E-state index < -0.39 is 0 Å². The van der Waals surface area contributed by atoms with Crippen LogP contribution in [-0.2, 0) is 0 Å². The monoisotopic (exact) mass is 644 g/mol. The van der Waals surface area contributed by atoms with Crippen LogP contribution in [0, 0.1) is 0 Å². The van der Waals surface area contributed by atoms with Gasteiger partial charge in [0.15, 0.2) is 0 Å². The highest BCUT2D eigenvalue weighted by Crippen LogP contribution is 2.48. The van der Waals surface area contributed by atoms with Crippen molar-refractivity contribution in [2.75, 3.05) is 0 Å².